The Bertz CT molecular complexity index is 433. The maximum absolute atomic E-state index is 12.2. The molecule has 21 heavy (non-hydrogen) atoms. The van der Waals surface area contributed by atoms with Crippen LogP contribution in [0, 0.1) is 11.8 Å². The molecule has 0 aliphatic heterocycles. The molecule has 1 heterocycles. The van der Waals surface area contributed by atoms with Crippen molar-refractivity contribution >= 4 is 5.97 Å². The molecule has 0 aromatic carbocycles. The lowest BCUT2D eigenvalue weighted by molar-refractivity contribution is -0.140. The van der Waals surface area contributed by atoms with E-state index in [1.54, 1.807) is 6.20 Å². The minimum Gasteiger partial charge on any atom is -0.425 e. The van der Waals surface area contributed by atoms with E-state index in [0.29, 0.717) is 5.75 Å². The van der Waals surface area contributed by atoms with E-state index in [2.05, 4.69) is 18.8 Å². The van der Waals surface area contributed by atoms with Crippen LogP contribution in [0.5, 0.6) is 5.75 Å². The molecule has 1 aliphatic rings. The number of carbonyl (C=O) groups excluding carboxylic acids is 1. The molecule has 1 saturated carbocycles. The fraction of sp³-hybridized carbons (Fsp3) is 0.667. The zero-order chi connectivity index (χ0) is 15.1. The molecule has 116 valence electrons. The first-order valence-electron chi connectivity index (χ1n) is 8.39. The molecule has 1 aliphatic carbocycles. The van der Waals surface area contributed by atoms with Crippen molar-refractivity contribution in [2.45, 2.75) is 65.2 Å². The zero-order valence-corrected chi connectivity index (χ0v) is 13.3. The predicted octanol–water partition coefficient (Wildman–Crippen LogP) is 4.55. The van der Waals surface area contributed by atoms with Crippen LogP contribution in [-0.2, 0) is 11.2 Å². The van der Waals surface area contributed by atoms with Crippen LogP contribution in [0.15, 0.2) is 18.3 Å². The third-order valence-corrected chi connectivity index (χ3v) is 4.56. The molecule has 0 bridgehead atoms. The molecule has 0 unspecified atom stereocenters. The van der Waals surface area contributed by atoms with Crippen molar-refractivity contribution in [1.82, 2.24) is 4.98 Å². The minimum atomic E-state index is -0.0762. The van der Waals surface area contributed by atoms with Gasteiger partial charge >= 0.3 is 5.97 Å². The number of carbonyl (C=O) groups is 1. The lowest BCUT2D eigenvalue weighted by Crippen LogP contribution is -2.25. The minimum absolute atomic E-state index is 0.0762. The first-order valence-corrected chi connectivity index (χ1v) is 8.39. The van der Waals surface area contributed by atoms with E-state index in [4.69, 9.17) is 4.74 Å². The van der Waals surface area contributed by atoms with Crippen molar-refractivity contribution < 1.29 is 9.53 Å². The Balaban J connectivity index is 1.82. The maximum Gasteiger partial charge on any atom is 0.314 e. The van der Waals surface area contributed by atoms with Gasteiger partial charge < -0.3 is 4.74 Å². The number of pyridine rings is 1. The molecular weight excluding hydrogens is 262 g/mol. The fourth-order valence-corrected chi connectivity index (χ4v) is 2.98. The Hall–Kier alpha value is -1.38. The highest BCUT2D eigenvalue weighted by Gasteiger charge is 2.26. The molecule has 3 nitrogen and oxygen atoms in total. The van der Waals surface area contributed by atoms with E-state index in [0.717, 1.165) is 50.1 Å². The Labute approximate surface area is 128 Å². The molecule has 0 saturated heterocycles. The zero-order valence-electron chi connectivity index (χ0n) is 13.3. The Morgan fingerprint density at radius 1 is 1.24 bits per heavy atom. The first kappa shape index (κ1) is 16.0. The highest BCUT2D eigenvalue weighted by atomic mass is 16.5. The lowest BCUT2D eigenvalue weighted by Gasteiger charge is -2.26. The topological polar surface area (TPSA) is 39.2 Å². The van der Waals surface area contributed by atoms with Crippen LogP contribution >= 0.6 is 0 Å². The van der Waals surface area contributed by atoms with Gasteiger partial charge in [0.05, 0.1) is 12.1 Å². The van der Waals surface area contributed by atoms with Gasteiger partial charge in [0.1, 0.15) is 5.75 Å². The first-order chi connectivity index (χ1) is 10.2. The largest absolute Gasteiger partial charge is 0.425 e. The number of hydrogen-bond acceptors (Lipinski definition) is 3. The fourth-order valence-electron chi connectivity index (χ4n) is 2.98. The summed E-state index contributed by atoms with van der Waals surface area (Å²) in [5.74, 6) is 1.38. The highest BCUT2D eigenvalue weighted by molar-refractivity contribution is 5.75. The van der Waals surface area contributed by atoms with Crippen LogP contribution in [-0.4, -0.2) is 11.0 Å². The van der Waals surface area contributed by atoms with Crippen molar-refractivity contribution in [2.24, 2.45) is 11.8 Å². The van der Waals surface area contributed by atoms with Crippen LogP contribution in [0.2, 0.25) is 0 Å². The van der Waals surface area contributed by atoms with Gasteiger partial charge in [-0.15, -0.1) is 0 Å². The number of nitrogens with zero attached hydrogens (tertiary/aromatic N) is 1. The van der Waals surface area contributed by atoms with Crippen molar-refractivity contribution in [1.29, 1.82) is 0 Å². The Morgan fingerprint density at radius 2 is 2.00 bits per heavy atom. The van der Waals surface area contributed by atoms with E-state index in [-0.39, 0.29) is 11.9 Å². The van der Waals surface area contributed by atoms with Gasteiger partial charge in [-0.2, -0.15) is 0 Å². The van der Waals surface area contributed by atoms with Gasteiger partial charge in [-0.05, 0) is 56.6 Å². The molecule has 0 N–H and O–H groups in total. The summed E-state index contributed by atoms with van der Waals surface area (Å²) in [6.45, 7) is 4.40. The molecule has 0 amide bonds. The Morgan fingerprint density at radius 3 is 2.57 bits per heavy atom. The van der Waals surface area contributed by atoms with Crippen molar-refractivity contribution in [3.05, 3.63) is 24.0 Å². The molecule has 1 aromatic heterocycles. The van der Waals surface area contributed by atoms with Gasteiger partial charge in [-0.3, -0.25) is 9.78 Å². The summed E-state index contributed by atoms with van der Waals surface area (Å²) >= 11 is 0. The molecule has 1 fully saturated rings. The van der Waals surface area contributed by atoms with Gasteiger partial charge in [0.15, 0.2) is 0 Å². The number of aryl methyl sites for hydroxylation is 1. The van der Waals surface area contributed by atoms with Crippen LogP contribution in [0.3, 0.4) is 0 Å². The van der Waals surface area contributed by atoms with E-state index >= 15 is 0 Å². The number of esters is 1. The number of aromatic nitrogens is 1. The number of unbranched alkanes of at least 4 members (excludes halogenated alkanes) is 1. The predicted molar refractivity (Wildman–Crippen MR) is 84.2 cm³/mol. The molecular formula is C18H27NO2. The summed E-state index contributed by atoms with van der Waals surface area (Å²) < 4.78 is 5.48. The van der Waals surface area contributed by atoms with Crippen LogP contribution in [0.1, 0.15) is 64.5 Å². The molecule has 0 radical (unpaired) electrons. The average molecular weight is 289 g/mol. The number of rotatable bonds is 6. The number of hydrogen-bond donors (Lipinski definition) is 0. The monoisotopic (exact) mass is 289 g/mol. The second-order valence-electron chi connectivity index (χ2n) is 6.14. The highest BCUT2D eigenvalue weighted by Crippen LogP contribution is 2.31. The van der Waals surface area contributed by atoms with Crippen LogP contribution in [0.4, 0.5) is 0 Å². The van der Waals surface area contributed by atoms with Gasteiger partial charge in [-0.25, -0.2) is 0 Å². The summed E-state index contributed by atoms with van der Waals surface area (Å²) in [5.41, 5.74) is 1.07. The average Bonchev–Trinajstić information content (AvgIpc) is 2.54. The molecule has 0 spiro atoms. The third kappa shape index (κ3) is 4.83. The van der Waals surface area contributed by atoms with Crippen LogP contribution < -0.4 is 4.74 Å². The molecule has 0 atom stereocenters. The van der Waals surface area contributed by atoms with E-state index in [1.165, 1.54) is 12.8 Å². The SMILES string of the molecule is CCCCc1ccc(OC(=O)[C@H]2CC[C@H](CC)CC2)cn1. The second-order valence-corrected chi connectivity index (χ2v) is 6.14. The second kappa shape index (κ2) is 8.16. The maximum atomic E-state index is 12.2. The normalized spacial score (nSPS) is 22.0. The van der Waals surface area contributed by atoms with Gasteiger partial charge in [0, 0.05) is 5.69 Å². The summed E-state index contributed by atoms with van der Waals surface area (Å²) in [6, 6.07) is 3.83. The lowest BCUT2D eigenvalue weighted by atomic mass is 9.81. The Kier molecular flexibility index (Phi) is 6.21. The number of ether oxygens (including phenoxy) is 1. The van der Waals surface area contributed by atoms with E-state index in [9.17, 15) is 4.79 Å². The van der Waals surface area contributed by atoms with Gasteiger partial charge in [0.2, 0.25) is 0 Å². The van der Waals surface area contributed by atoms with Crippen molar-refractivity contribution in [3.63, 3.8) is 0 Å². The van der Waals surface area contributed by atoms with Gasteiger partial charge in [0.25, 0.3) is 0 Å². The summed E-state index contributed by atoms with van der Waals surface area (Å²) in [5, 5.41) is 0. The molecule has 2 rings (SSSR count). The quantitative estimate of drug-likeness (QED) is 0.721. The van der Waals surface area contributed by atoms with E-state index < -0.39 is 0 Å². The third-order valence-electron chi connectivity index (χ3n) is 4.56. The van der Waals surface area contributed by atoms with Gasteiger partial charge in [-0.1, -0.05) is 26.7 Å². The van der Waals surface area contributed by atoms with Crippen molar-refractivity contribution in [2.75, 3.05) is 0 Å². The standard InChI is InChI=1S/C18H27NO2/c1-3-5-6-16-11-12-17(13-19-16)21-18(20)15-9-7-14(4-2)8-10-15/h11-15H,3-10H2,1-2H3/t14-,15-. The van der Waals surface area contributed by atoms with E-state index in [1.807, 2.05) is 12.1 Å². The smallest absolute Gasteiger partial charge is 0.314 e. The summed E-state index contributed by atoms with van der Waals surface area (Å²) in [6.07, 6.45) is 10.5. The molecule has 3 heteroatoms. The van der Waals surface area contributed by atoms with Crippen LogP contribution in [0.25, 0.3) is 0 Å². The van der Waals surface area contributed by atoms with Crippen molar-refractivity contribution in [3.8, 4) is 5.75 Å². The summed E-state index contributed by atoms with van der Waals surface area (Å²) in [4.78, 5) is 16.5. The molecule has 1 aromatic rings. The summed E-state index contributed by atoms with van der Waals surface area (Å²) in [7, 11) is 0.